The van der Waals surface area contributed by atoms with Crippen molar-refractivity contribution >= 4 is 17.5 Å². The minimum absolute atomic E-state index is 0.175. The van der Waals surface area contributed by atoms with Gasteiger partial charge >= 0.3 is 0 Å². The van der Waals surface area contributed by atoms with E-state index in [4.69, 9.17) is 11.6 Å². The molecule has 2 nitrogen and oxygen atoms in total. The van der Waals surface area contributed by atoms with Gasteiger partial charge in [0, 0.05) is 18.3 Å². The standard InChI is InChI=1S/C12H22ClNO/c1-12(2,7-4-8-13)9-14-11(15)10-5-3-6-10/h10H,3-9H2,1-2H3,(H,14,15). The first kappa shape index (κ1) is 12.8. The van der Waals surface area contributed by atoms with Gasteiger partial charge < -0.3 is 5.32 Å². The van der Waals surface area contributed by atoms with Gasteiger partial charge in [-0.05, 0) is 31.1 Å². The summed E-state index contributed by atoms with van der Waals surface area (Å²) in [5.41, 5.74) is 0.175. The second kappa shape index (κ2) is 5.74. The highest BCUT2D eigenvalue weighted by Crippen LogP contribution is 2.27. The lowest BCUT2D eigenvalue weighted by atomic mass is 9.83. The van der Waals surface area contributed by atoms with E-state index in [1.54, 1.807) is 0 Å². The summed E-state index contributed by atoms with van der Waals surface area (Å²) in [6, 6.07) is 0. The van der Waals surface area contributed by atoms with Crippen LogP contribution in [0.15, 0.2) is 0 Å². The molecule has 0 atom stereocenters. The van der Waals surface area contributed by atoms with Crippen molar-refractivity contribution in [2.75, 3.05) is 12.4 Å². The summed E-state index contributed by atoms with van der Waals surface area (Å²) in [5, 5.41) is 3.05. The van der Waals surface area contributed by atoms with Crippen molar-refractivity contribution in [3.8, 4) is 0 Å². The zero-order valence-corrected chi connectivity index (χ0v) is 10.6. The van der Waals surface area contributed by atoms with Crippen molar-refractivity contribution < 1.29 is 4.79 Å². The predicted octanol–water partition coefficient (Wildman–Crippen LogP) is 2.95. The highest BCUT2D eigenvalue weighted by molar-refractivity contribution is 6.17. The molecule has 88 valence electrons. The molecule has 15 heavy (non-hydrogen) atoms. The molecule has 0 aromatic rings. The van der Waals surface area contributed by atoms with Crippen molar-refractivity contribution in [2.45, 2.75) is 46.0 Å². The van der Waals surface area contributed by atoms with Crippen molar-refractivity contribution in [3.63, 3.8) is 0 Å². The number of carbonyl (C=O) groups is 1. The zero-order chi connectivity index (χ0) is 11.3. The Bertz CT molecular complexity index is 212. The maximum atomic E-state index is 11.6. The van der Waals surface area contributed by atoms with E-state index < -0.39 is 0 Å². The molecule has 1 saturated carbocycles. The Balaban J connectivity index is 2.18. The van der Waals surface area contributed by atoms with Crippen molar-refractivity contribution in [3.05, 3.63) is 0 Å². The maximum absolute atomic E-state index is 11.6. The molecule has 0 aliphatic heterocycles. The van der Waals surface area contributed by atoms with Gasteiger partial charge in [0.1, 0.15) is 0 Å². The van der Waals surface area contributed by atoms with Gasteiger partial charge in [0.15, 0.2) is 0 Å². The number of nitrogens with one attached hydrogen (secondary N) is 1. The number of hydrogen-bond acceptors (Lipinski definition) is 1. The largest absolute Gasteiger partial charge is 0.355 e. The lowest BCUT2D eigenvalue weighted by Crippen LogP contribution is -2.39. The maximum Gasteiger partial charge on any atom is 0.223 e. The average Bonchev–Trinajstić information content (AvgIpc) is 2.09. The SMILES string of the molecule is CC(C)(CCCCl)CNC(=O)C1CCC1. The second-order valence-electron chi connectivity index (χ2n) is 5.30. The fraction of sp³-hybridized carbons (Fsp3) is 0.917. The molecule has 0 saturated heterocycles. The molecule has 0 aromatic heterocycles. The first-order valence-electron chi connectivity index (χ1n) is 5.89. The fourth-order valence-electron chi connectivity index (χ4n) is 1.77. The number of alkyl halides is 1. The lowest BCUT2D eigenvalue weighted by Gasteiger charge is -2.28. The monoisotopic (exact) mass is 231 g/mol. The quantitative estimate of drug-likeness (QED) is 0.700. The third kappa shape index (κ3) is 4.42. The highest BCUT2D eigenvalue weighted by atomic mass is 35.5. The summed E-state index contributed by atoms with van der Waals surface area (Å²) in [5.74, 6) is 1.26. The molecular weight excluding hydrogens is 210 g/mol. The normalized spacial score (nSPS) is 17.3. The van der Waals surface area contributed by atoms with Gasteiger partial charge in [0.25, 0.3) is 0 Å². The molecule has 0 aromatic carbocycles. The summed E-state index contributed by atoms with van der Waals surface area (Å²) in [4.78, 5) is 11.6. The van der Waals surface area contributed by atoms with E-state index in [9.17, 15) is 4.79 Å². The van der Waals surface area contributed by atoms with Gasteiger partial charge in [0.05, 0.1) is 0 Å². The van der Waals surface area contributed by atoms with Crippen LogP contribution in [0.25, 0.3) is 0 Å². The fourth-order valence-corrected chi connectivity index (χ4v) is 1.91. The predicted molar refractivity (Wildman–Crippen MR) is 64.1 cm³/mol. The first-order valence-corrected chi connectivity index (χ1v) is 6.42. The minimum Gasteiger partial charge on any atom is -0.355 e. The second-order valence-corrected chi connectivity index (χ2v) is 5.68. The molecule has 1 rings (SSSR count). The number of hydrogen-bond donors (Lipinski definition) is 1. The van der Waals surface area contributed by atoms with Crippen LogP contribution < -0.4 is 5.32 Å². The first-order chi connectivity index (χ1) is 7.05. The van der Waals surface area contributed by atoms with Crippen molar-refractivity contribution in [1.29, 1.82) is 0 Å². The summed E-state index contributed by atoms with van der Waals surface area (Å²) < 4.78 is 0. The number of carbonyl (C=O) groups excluding carboxylic acids is 1. The third-order valence-corrected chi connectivity index (χ3v) is 3.47. The van der Waals surface area contributed by atoms with Crippen LogP contribution in [0.5, 0.6) is 0 Å². The summed E-state index contributed by atoms with van der Waals surface area (Å²) >= 11 is 5.66. The third-order valence-electron chi connectivity index (χ3n) is 3.20. The Morgan fingerprint density at radius 1 is 1.47 bits per heavy atom. The van der Waals surface area contributed by atoms with E-state index in [2.05, 4.69) is 19.2 Å². The van der Waals surface area contributed by atoms with Crippen LogP contribution in [-0.2, 0) is 4.79 Å². The van der Waals surface area contributed by atoms with Crippen LogP contribution in [-0.4, -0.2) is 18.3 Å². The minimum atomic E-state index is 0.175. The molecule has 1 aliphatic carbocycles. The molecule has 1 N–H and O–H groups in total. The van der Waals surface area contributed by atoms with Crippen molar-refractivity contribution in [2.24, 2.45) is 11.3 Å². The molecule has 1 aliphatic rings. The van der Waals surface area contributed by atoms with E-state index >= 15 is 0 Å². The molecule has 3 heteroatoms. The smallest absolute Gasteiger partial charge is 0.223 e. The molecule has 0 radical (unpaired) electrons. The Morgan fingerprint density at radius 2 is 2.13 bits per heavy atom. The average molecular weight is 232 g/mol. The van der Waals surface area contributed by atoms with E-state index in [1.165, 1.54) is 6.42 Å². The Labute approximate surface area is 97.8 Å². The van der Waals surface area contributed by atoms with Crippen LogP contribution in [0.1, 0.15) is 46.0 Å². The van der Waals surface area contributed by atoms with Gasteiger partial charge in [-0.15, -0.1) is 11.6 Å². The Hall–Kier alpha value is -0.240. The molecule has 0 unspecified atom stereocenters. The molecule has 0 spiro atoms. The van der Waals surface area contributed by atoms with Crippen molar-refractivity contribution in [1.82, 2.24) is 5.32 Å². The van der Waals surface area contributed by atoms with E-state index in [-0.39, 0.29) is 11.3 Å². The van der Waals surface area contributed by atoms with Gasteiger partial charge in [-0.3, -0.25) is 4.79 Å². The van der Waals surface area contributed by atoms with Gasteiger partial charge in [-0.1, -0.05) is 20.3 Å². The molecule has 0 bridgehead atoms. The lowest BCUT2D eigenvalue weighted by molar-refractivity contribution is -0.127. The van der Waals surface area contributed by atoms with E-state index in [0.29, 0.717) is 11.8 Å². The Morgan fingerprint density at radius 3 is 2.60 bits per heavy atom. The molecule has 1 amide bonds. The van der Waals surface area contributed by atoms with Crippen LogP contribution in [0, 0.1) is 11.3 Å². The topological polar surface area (TPSA) is 29.1 Å². The zero-order valence-electron chi connectivity index (χ0n) is 9.81. The number of amides is 1. The Kier molecular flexibility index (Phi) is 4.91. The molecule has 1 fully saturated rings. The van der Waals surface area contributed by atoms with Gasteiger partial charge in [-0.25, -0.2) is 0 Å². The number of halogens is 1. The van der Waals surface area contributed by atoms with E-state index in [0.717, 1.165) is 32.2 Å². The van der Waals surface area contributed by atoms with Crippen LogP contribution in [0.4, 0.5) is 0 Å². The van der Waals surface area contributed by atoms with E-state index in [1.807, 2.05) is 0 Å². The molecule has 0 heterocycles. The molecular formula is C12H22ClNO. The van der Waals surface area contributed by atoms with Crippen LogP contribution >= 0.6 is 11.6 Å². The van der Waals surface area contributed by atoms with Gasteiger partial charge in [0.2, 0.25) is 5.91 Å². The van der Waals surface area contributed by atoms with Crippen LogP contribution in [0.2, 0.25) is 0 Å². The van der Waals surface area contributed by atoms with Crippen LogP contribution in [0.3, 0.4) is 0 Å². The number of rotatable bonds is 6. The summed E-state index contributed by atoms with van der Waals surface area (Å²) in [6.45, 7) is 5.14. The summed E-state index contributed by atoms with van der Waals surface area (Å²) in [7, 11) is 0. The summed E-state index contributed by atoms with van der Waals surface area (Å²) in [6.07, 6.45) is 5.46. The highest BCUT2D eigenvalue weighted by Gasteiger charge is 2.26. The van der Waals surface area contributed by atoms with Gasteiger partial charge in [-0.2, -0.15) is 0 Å².